The molecule has 1 aromatic carbocycles. The number of carbonyl (C=O) groups is 1. The quantitative estimate of drug-likeness (QED) is 0.739. The fraction of sp³-hybridized carbons (Fsp3) is 0.588. The third kappa shape index (κ3) is 5.96. The number of nitrogens with two attached hydrogens (primary N) is 2. The highest BCUT2D eigenvalue weighted by molar-refractivity contribution is 7.89. The van der Waals surface area contributed by atoms with Gasteiger partial charge >= 0.3 is 0 Å². The number of hydrogen-bond acceptors (Lipinski definition) is 5. The number of sulfonamides is 1. The number of carbonyl (C=O) groups excluding carboxylic acids is 1. The Hall–Kier alpha value is -1.06. The van der Waals surface area contributed by atoms with Crippen molar-refractivity contribution in [3.8, 4) is 0 Å². The third-order valence-corrected chi connectivity index (χ3v) is 6.11. The van der Waals surface area contributed by atoms with Gasteiger partial charge in [-0.15, -0.1) is 24.8 Å². The molecule has 0 radical (unpaired) electrons. The Morgan fingerprint density at radius 1 is 1.00 bits per heavy atom. The summed E-state index contributed by atoms with van der Waals surface area (Å²) in [7, 11) is -3.67. The lowest BCUT2D eigenvalue weighted by atomic mass is 9.85. The highest BCUT2D eigenvalue weighted by atomic mass is 35.5. The molecule has 2 atom stereocenters. The average Bonchev–Trinajstić information content (AvgIpc) is 2.61. The predicted molar refractivity (Wildman–Crippen MR) is 111 cm³/mol. The normalized spacial score (nSPS) is 23.2. The summed E-state index contributed by atoms with van der Waals surface area (Å²) in [5.41, 5.74) is 6.95. The van der Waals surface area contributed by atoms with Crippen LogP contribution in [-0.2, 0) is 14.8 Å². The van der Waals surface area contributed by atoms with E-state index in [4.69, 9.17) is 10.9 Å². The molecule has 1 saturated carbocycles. The molecule has 2 unspecified atom stereocenters. The number of halogens is 2. The Morgan fingerprint density at radius 2 is 1.59 bits per heavy atom. The van der Waals surface area contributed by atoms with Crippen molar-refractivity contribution in [3.05, 3.63) is 24.3 Å². The molecule has 1 saturated heterocycles. The van der Waals surface area contributed by atoms with Crippen LogP contribution in [0.2, 0.25) is 0 Å². The number of piperazine rings is 1. The van der Waals surface area contributed by atoms with Crippen molar-refractivity contribution in [2.75, 3.05) is 31.1 Å². The molecule has 1 aromatic rings. The lowest BCUT2D eigenvalue weighted by molar-refractivity contribution is -0.137. The largest absolute Gasteiger partial charge is 0.368 e. The van der Waals surface area contributed by atoms with E-state index in [0.717, 1.165) is 44.5 Å². The number of nitrogens with zero attached hydrogens (tertiary/aromatic N) is 2. The summed E-state index contributed by atoms with van der Waals surface area (Å²) in [5.74, 6) is 0.309. The van der Waals surface area contributed by atoms with Crippen LogP contribution in [0, 0.1) is 5.92 Å². The summed E-state index contributed by atoms with van der Waals surface area (Å²) in [4.78, 5) is 16.9. The summed E-state index contributed by atoms with van der Waals surface area (Å²) in [6.45, 7) is 2.83. The van der Waals surface area contributed by atoms with Gasteiger partial charge in [0.05, 0.1) is 4.90 Å². The summed E-state index contributed by atoms with van der Waals surface area (Å²) < 4.78 is 22.6. The van der Waals surface area contributed by atoms with Gasteiger partial charge in [-0.2, -0.15) is 0 Å². The van der Waals surface area contributed by atoms with Gasteiger partial charge in [0.25, 0.3) is 0 Å². The SMILES string of the molecule is Cl.Cl.NC1CCCC(C(=O)N2CCN(c3ccc(S(N)(=O)=O)cc3)CC2)C1. The first-order chi connectivity index (χ1) is 11.8. The molecule has 7 nitrogen and oxygen atoms in total. The molecular formula is C17H28Cl2N4O3S. The first kappa shape index (κ1) is 24.0. The van der Waals surface area contributed by atoms with Gasteiger partial charge in [-0.25, -0.2) is 13.6 Å². The Kier molecular flexibility index (Phi) is 8.82. The molecule has 10 heteroatoms. The molecule has 0 bridgehead atoms. The van der Waals surface area contributed by atoms with Gasteiger partial charge in [-0.05, 0) is 43.5 Å². The minimum Gasteiger partial charge on any atom is -0.368 e. The van der Waals surface area contributed by atoms with E-state index in [-0.39, 0.29) is 47.6 Å². The standard InChI is InChI=1S/C17H26N4O3S.2ClH/c18-14-3-1-2-13(12-14)17(22)21-10-8-20(9-11-21)15-4-6-16(7-5-15)25(19,23)24;;/h4-7,13-14H,1-3,8-12,18H2,(H2,19,23,24);2*1H. The summed E-state index contributed by atoms with van der Waals surface area (Å²) in [6, 6.07) is 6.72. The van der Waals surface area contributed by atoms with Gasteiger partial charge in [-0.1, -0.05) is 6.42 Å². The lowest BCUT2D eigenvalue weighted by Crippen LogP contribution is -2.51. The van der Waals surface area contributed by atoms with Gasteiger partial charge in [0, 0.05) is 43.8 Å². The van der Waals surface area contributed by atoms with Crippen LogP contribution >= 0.6 is 24.8 Å². The second-order valence-electron chi connectivity index (χ2n) is 6.97. The van der Waals surface area contributed by atoms with E-state index in [1.54, 1.807) is 12.1 Å². The average molecular weight is 439 g/mol. The Labute approximate surface area is 173 Å². The van der Waals surface area contributed by atoms with Crippen molar-refractivity contribution in [3.63, 3.8) is 0 Å². The van der Waals surface area contributed by atoms with Crippen LogP contribution < -0.4 is 15.8 Å². The first-order valence-electron chi connectivity index (χ1n) is 8.77. The van der Waals surface area contributed by atoms with Gasteiger partial charge in [0.2, 0.25) is 15.9 Å². The lowest BCUT2D eigenvalue weighted by Gasteiger charge is -2.38. The molecule has 1 amide bonds. The smallest absolute Gasteiger partial charge is 0.238 e. The van der Waals surface area contributed by atoms with Gasteiger partial charge < -0.3 is 15.5 Å². The maximum absolute atomic E-state index is 12.7. The molecule has 1 aliphatic heterocycles. The number of primary sulfonamides is 1. The van der Waals surface area contributed by atoms with Crippen LogP contribution in [0.25, 0.3) is 0 Å². The summed E-state index contributed by atoms with van der Waals surface area (Å²) >= 11 is 0. The van der Waals surface area contributed by atoms with Crippen LogP contribution in [0.4, 0.5) is 5.69 Å². The minimum absolute atomic E-state index is 0. The van der Waals surface area contributed by atoms with E-state index in [1.165, 1.54) is 12.1 Å². The van der Waals surface area contributed by atoms with Crippen molar-refractivity contribution in [1.82, 2.24) is 4.90 Å². The van der Waals surface area contributed by atoms with E-state index in [9.17, 15) is 13.2 Å². The summed E-state index contributed by atoms with van der Waals surface area (Å²) in [5, 5.41) is 5.12. The Morgan fingerprint density at radius 3 is 2.11 bits per heavy atom. The van der Waals surface area contributed by atoms with Crippen LogP contribution in [0.15, 0.2) is 29.2 Å². The number of benzene rings is 1. The molecular weight excluding hydrogens is 411 g/mol. The molecule has 154 valence electrons. The van der Waals surface area contributed by atoms with Crippen LogP contribution in [0.5, 0.6) is 0 Å². The van der Waals surface area contributed by atoms with Gasteiger partial charge in [0.15, 0.2) is 0 Å². The monoisotopic (exact) mass is 438 g/mol. The summed E-state index contributed by atoms with van der Waals surface area (Å²) in [6.07, 6.45) is 3.80. The molecule has 4 N–H and O–H groups in total. The Bertz CT molecular complexity index is 722. The fourth-order valence-electron chi connectivity index (χ4n) is 3.74. The van der Waals surface area contributed by atoms with E-state index >= 15 is 0 Å². The third-order valence-electron chi connectivity index (χ3n) is 5.19. The number of rotatable bonds is 3. The highest BCUT2D eigenvalue weighted by Crippen LogP contribution is 2.26. The molecule has 1 heterocycles. The van der Waals surface area contributed by atoms with Crippen molar-refractivity contribution in [2.24, 2.45) is 16.8 Å². The van der Waals surface area contributed by atoms with Crippen molar-refractivity contribution in [2.45, 2.75) is 36.6 Å². The zero-order valence-electron chi connectivity index (χ0n) is 15.1. The molecule has 2 aliphatic rings. The number of anilines is 1. The Balaban J connectivity index is 0.00000182. The van der Waals surface area contributed by atoms with E-state index in [2.05, 4.69) is 4.90 Å². The van der Waals surface area contributed by atoms with E-state index in [0.29, 0.717) is 13.1 Å². The minimum atomic E-state index is -3.67. The molecule has 3 rings (SSSR count). The predicted octanol–water partition coefficient (Wildman–Crippen LogP) is 1.34. The van der Waals surface area contributed by atoms with Gasteiger partial charge in [0.1, 0.15) is 0 Å². The number of hydrogen-bond donors (Lipinski definition) is 2. The van der Waals surface area contributed by atoms with Crippen LogP contribution in [0.3, 0.4) is 0 Å². The topological polar surface area (TPSA) is 110 Å². The fourth-order valence-corrected chi connectivity index (χ4v) is 4.26. The molecule has 0 spiro atoms. The molecule has 0 aromatic heterocycles. The molecule has 1 aliphatic carbocycles. The van der Waals surface area contributed by atoms with E-state index in [1.807, 2.05) is 4.90 Å². The first-order valence-corrected chi connectivity index (χ1v) is 10.3. The zero-order valence-corrected chi connectivity index (χ0v) is 17.6. The second-order valence-corrected chi connectivity index (χ2v) is 8.54. The van der Waals surface area contributed by atoms with Crippen molar-refractivity contribution in [1.29, 1.82) is 0 Å². The second kappa shape index (κ2) is 9.93. The molecule has 2 fully saturated rings. The van der Waals surface area contributed by atoms with E-state index < -0.39 is 10.0 Å². The number of amides is 1. The maximum Gasteiger partial charge on any atom is 0.238 e. The maximum atomic E-state index is 12.7. The van der Waals surface area contributed by atoms with Crippen molar-refractivity contribution < 1.29 is 13.2 Å². The molecule has 27 heavy (non-hydrogen) atoms. The highest BCUT2D eigenvalue weighted by Gasteiger charge is 2.30. The van der Waals surface area contributed by atoms with Gasteiger partial charge in [-0.3, -0.25) is 4.79 Å². The van der Waals surface area contributed by atoms with Crippen LogP contribution in [0.1, 0.15) is 25.7 Å². The zero-order chi connectivity index (χ0) is 18.0. The van der Waals surface area contributed by atoms with Crippen LogP contribution in [-0.4, -0.2) is 51.4 Å². The van der Waals surface area contributed by atoms with Crippen molar-refractivity contribution >= 4 is 46.4 Å².